The van der Waals surface area contributed by atoms with Crippen molar-refractivity contribution in [3.05, 3.63) is 65.2 Å². The van der Waals surface area contributed by atoms with Gasteiger partial charge in [-0.2, -0.15) is 0 Å². The Morgan fingerprint density at radius 1 is 1.00 bits per heavy atom. The third kappa shape index (κ3) is 4.35. The van der Waals surface area contributed by atoms with Crippen LogP contribution in [0.15, 0.2) is 48.5 Å². The molecule has 158 valence electrons. The zero-order chi connectivity index (χ0) is 21.1. The van der Waals surface area contributed by atoms with Crippen LogP contribution in [-0.4, -0.2) is 47.4 Å². The number of hydrogen-bond donors (Lipinski definition) is 0. The first-order chi connectivity index (χ1) is 14.5. The van der Waals surface area contributed by atoms with Crippen LogP contribution >= 0.6 is 0 Å². The lowest BCUT2D eigenvalue weighted by Crippen LogP contribution is -2.49. The molecule has 0 aliphatic carbocycles. The molecule has 2 aromatic rings. The lowest BCUT2D eigenvalue weighted by molar-refractivity contribution is 0.0635. The minimum Gasteiger partial charge on any atom is -0.336 e. The summed E-state index contributed by atoms with van der Waals surface area (Å²) in [5.41, 5.74) is 3.92. The molecule has 3 amide bonds. The Hall–Kier alpha value is -2.82. The molecule has 5 nitrogen and oxygen atoms in total. The highest BCUT2D eigenvalue weighted by Gasteiger charge is 2.28. The fourth-order valence-corrected chi connectivity index (χ4v) is 4.55. The van der Waals surface area contributed by atoms with Crippen molar-refractivity contribution in [2.75, 3.05) is 24.5 Å². The second-order valence-electron chi connectivity index (χ2n) is 8.59. The van der Waals surface area contributed by atoms with E-state index in [1.807, 2.05) is 45.0 Å². The van der Waals surface area contributed by atoms with Crippen molar-refractivity contribution in [2.24, 2.45) is 0 Å². The van der Waals surface area contributed by atoms with Gasteiger partial charge in [-0.3, -0.25) is 9.69 Å². The summed E-state index contributed by atoms with van der Waals surface area (Å²) in [7, 11) is 0. The van der Waals surface area contributed by atoms with Gasteiger partial charge in [0.1, 0.15) is 0 Å². The Morgan fingerprint density at radius 2 is 1.80 bits per heavy atom. The van der Waals surface area contributed by atoms with E-state index < -0.39 is 0 Å². The molecule has 0 spiro atoms. The fourth-order valence-electron chi connectivity index (χ4n) is 4.55. The first kappa shape index (κ1) is 20.5. The highest BCUT2D eigenvalue weighted by molar-refractivity contribution is 5.96. The van der Waals surface area contributed by atoms with E-state index in [1.165, 1.54) is 12.0 Å². The molecule has 2 saturated heterocycles. The second-order valence-corrected chi connectivity index (χ2v) is 8.59. The van der Waals surface area contributed by atoms with Gasteiger partial charge in [0.2, 0.25) is 0 Å². The van der Waals surface area contributed by atoms with E-state index in [2.05, 4.69) is 32.0 Å². The van der Waals surface area contributed by atoms with Crippen LogP contribution in [0.4, 0.5) is 10.5 Å². The maximum Gasteiger partial charge on any atom is 0.324 e. The third-order valence-electron chi connectivity index (χ3n) is 6.26. The molecule has 0 unspecified atom stereocenters. The van der Waals surface area contributed by atoms with Crippen molar-refractivity contribution in [2.45, 2.75) is 52.1 Å². The van der Waals surface area contributed by atoms with Crippen LogP contribution in [0.2, 0.25) is 0 Å². The standard InChI is InChI=1S/C25H31N3O2/c1-19-7-5-9-21(17-19)18-26-14-6-16-28(25(26)30)23-12-10-22(11-13-23)24(29)27-15-4-3-8-20(27)2/h5,7,9-13,17,20H,3-4,6,8,14-16,18H2,1-2H3/t20-/m0/s1. The van der Waals surface area contributed by atoms with E-state index in [0.717, 1.165) is 43.6 Å². The quantitative estimate of drug-likeness (QED) is 0.730. The number of amides is 3. The number of rotatable bonds is 4. The first-order valence-electron chi connectivity index (χ1n) is 11.1. The Kier molecular flexibility index (Phi) is 6.07. The minimum atomic E-state index is 0.0338. The summed E-state index contributed by atoms with van der Waals surface area (Å²) in [6.07, 6.45) is 4.28. The van der Waals surface area contributed by atoms with Gasteiger partial charge in [0.25, 0.3) is 5.91 Å². The molecule has 2 aliphatic heterocycles. The van der Waals surface area contributed by atoms with Crippen LogP contribution in [0.25, 0.3) is 0 Å². The molecule has 4 rings (SSSR count). The summed E-state index contributed by atoms with van der Waals surface area (Å²) in [6, 6.07) is 16.2. The molecule has 0 N–H and O–H groups in total. The second kappa shape index (κ2) is 8.90. The average molecular weight is 406 g/mol. The zero-order valence-corrected chi connectivity index (χ0v) is 18.0. The highest BCUT2D eigenvalue weighted by atomic mass is 16.2. The molecule has 0 saturated carbocycles. The summed E-state index contributed by atoms with van der Waals surface area (Å²) in [4.78, 5) is 31.7. The van der Waals surface area contributed by atoms with E-state index in [9.17, 15) is 9.59 Å². The van der Waals surface area contributed by atoms with Crippen LogP contribution in [0.5, 0.6) is 0 Å². The largest absolute Gasteiger partial charge is 0.336 e. The van der Waals surface area contributed by atoms with Gasteiger partial charge < -0.3 is 9.80 Å². The SMILES string of the molecule is Cc1cccc(CN2CCCN(c3ccc(C(=O)N4CCCC[C@@H]4C)cc3)C2=O)c1. The number of urea groups is 1. The number of benzene rings is 2. The van der Waals surface area contributed by atoms with Crippen molar-refractivity contribution in [1.82, 2.24) is 9.80 Å². The predicted octanol–water partition coefficient (Wildman–Crippen LogP) is 4.84. The number of carbonyl (C=O) groups is 2. The molecule has 0 aromatic heterocycles. The number of anilines is 1. The van der Waals surface area contributed by atoms with Crippen molar-refractivity contribution in [3.63, 3.8) is 0 Å². The van der Waals surface area contributed by atoms with Gasteiger partial charge >= 0.3 is 6.03 Å². The third-order valence-corrected chi connectivity index (χ3v) is 6.26. The van der Waals surface area contributed by atoms with E-state index in [1.54, 1.807) is 0 Å². The Morgan fingerprint density at radius 3 is 2.53 bits per heavy atom. The number of piperidine rings is 1. The summed E-state index contributed by atoms with van der Waals surface area (Å²) in [6.45, 7) is 7.13. The molecule has 2 aromatic carbocycles. The van der Waals surface area contributed by atoms with Gasteiger partial charge in [-0.25, -0.2) is 4.79 Å². The average Bonchev–Trinajstić information content (AvgIpc) is 2.75. The molecular weight excluding hydrogens is 374 g/mol. The van der Waals surface area contributed by atoms with Crippen LogP contribution < -0.4 is 4.90 Å². The van der Waals surface area contributed by atoms with Crippen LogP contribution in [-0.2, 0) is 6.54 Å². The van der Waals surface area contributed by atoms with E-state index in [4.69, 9.17) is 0 Å². The molecule has 2 fully saturated rings. The highest BCUT2D eigenvalue weighted by Crippen LogP contribution is 2.24. The minimum absolute atomic E-state index is 0.0338. The van der Waals surface area contributed by atoms with Gasteiger partial charge in [0.05, 0.1) is 0 Å². The Labute approximate surface area is 179 Å². The topological polar surface area (TPSA) is 43.9 Å². The van der Waals surface area contributed by atoms with Crippen LogP contribution in [0.3, 0.4) is 0 Å². The molecule has 2 aliphatic rings. The van der Waals surface area contributed by atoms with Gasteiger partial charge in [-0.1, -0.05) is 29.8 Å². The predicted molar refractivity (Wildman–Crippen MR) is 120 cm³/mol. The molecule has 5 heteroatoms. The maximum atomic E-state index is 13.1. The first-order valence-corrected chi connectivity index (χ1v) is 11.1. The summed E-state index contributed by atoms with van der Waals surface area (Å²) in [5.74, 6) is 0.0970. The van der Waals surface area contributed by atoms with Crippen LogP contribution in [0.1, 0.15) is 54.1 Å². The van der Waals surface area contributed by atoms with E-state index >= 15 is 0 Å². The van der Waals surface area contributed by atoms with Crippen molar-refractivity contribution in [1.29, 1.82) is 0 Å². The van der Waals surface area contributed by atoms with Crippen molar-refractivity contribution < 1.29 is 9.59 Å². The Balaban J connectivity index is 1.45. The zero-order valence-electron chi connectivity index (χ0n) is 18.0. The number of likely N-dealkylation sites (tertiary alicyclic amines) is 1. The molecule has 2 heterocycles. The van der Waals surface area contributed by atoms with E-state index in [0.29, 0.717) is 24.7 Å². The van der Waals surface area contributed by atoms with Crippen molar-refractivity contribution >= 4 is 17.6 Å². The molecular formula is C25H31N3O2. The lowest BCUT2D eigenvalue weighted by atomic mass is 10.0. The lowest BCUT2D eigenvalue weighted by Gasteiger charge is -2.36. The summed E-state index contributed by atoms with van der Waals surface area (Å²) in [5, 5.41) is 0. The number of aryl methyl sites for hydroxylation is 1. The fraction of sp³-hybridized carbons (Fsp3) is 0.440. The normalized spacial score (nSPS) is 19.9. The Bertz CT molecular complexity index is 909. The van der Waals surface area contributed by atoms with Gasteiger partial charge in [-0.15, -0.1) is 0 Å². The number of nitrogens with zero attached hydrogens (tertiary/aromatic N) is 3. The van der Waals surface area contributed by atoms with Gasteiger partial charge in [-0.05, 0) is 69.4 Å². The van der Waals surface area contributed by atoms with Crippen LogP contribution in [0, 0.1) is 6.92 Å². The van der Waals surface area contributed by atoms with E-state index in [-0.39, 0.29) is 11.9 Å². The monoisotopic (exact) mass is 405 g/mol. The summed E-state index contributed by atoms with van der Waals surface area (Å²) < 4.78 is 0. The molecule has 0 radical (unpaired) electrons. The van der Waals surface area contributed by atoms with Crippen molar-refractivity contribution in [3.8, 4) is 0 Å². The smallest absolute Gasteiger partial charge is 0.324 e. The number of carbonyl (C=O) groups excluding carboxylic acids is 2. The molecule has 0 bridgehead atoms. The summed E-state index contributed by atoms with van der Waals surface area (Å²) >= 11 is 0. The van der Waals surface area contributed by atoms with Gasteiger partial charge in [0, 0.05) is 43.5 Å². The molecule has 30 heavy (non-hydrogen) atoms. The van der Waals surface area contributed by atoms with Gasteiger partial charge in [0.15, 0.2) is 0 Å². The number of hydrogen-bond acceptors (Lipinski definition) is 2. The maximum absolute atomic E-state index is 13.1. The molecule has 1 atom stereocenters.